The number of aromatic nitrogens is 1. The van der Waals surface area contributed by atoms with Crippen molar-refractivity contribution in [1.29, 1.82) is 0 Å². The monoisotopic (exact) mass is 341 g/mol. The molecule has 0 saturated heterocycles. The number of amides is 2. The Bertz CT molecular complexity index is 780. The predicted octanol–water partition coefficient (Wildman–Crippen LogP) is 3.70. The standard InChI is InChI=1S/C18H19N3O2S/c1-3-17(23)21(10-16-18(13-7-8-13)19-11-24-16)15-6-4-5-14(9-15)20-12(2)22/h3-6,9,11,13H,1,7-8,10H2,2H3,(H,20,22). The second-order valence-corrected chi connectivity index (χ2v) is 6.73. The molecule has 2 amide bonds. The average Bonchev–Trinajstić information content (AvgIpc) is 3.30. The third-order valence-electron chi connectivity index (χ3n) is 3.86. The Hall–Kier alpha value is -2.47. The van der Waals surface area contributed by atoms with Crippen LogP contribution in [0.25, 0.3) is 0 Å². The van der Waals surface area contributed by atoms with Gasteiger partial charge in [-0.15, -0.1) is 11.3 Å². The van der Waals surface area contributed by atoms with Crippen molar-refractivity contribution in [2.75, 3.05) is 10.2 Å². The van der Waals surface area contributed by atoms with E-state index in [1.807, 2.05) is 17.6 Å². The summed E-state index contributed by atoms with van der Waals surface area (Å²) in [5.41, 5.74) is 4.34. The highest BCUT2D eigenvalue weighted by Crippen LogP contribution is 2.42. The molecule has 1 aliphatic carbocycles. The van der Waals surface area contributed by atoms with Gasteiger partial charge in [-0.2, -0.15) is 0 Å². The minimum Gasteiger partial charge on any atom is -0.326 e. The first kappa shape index (κ1) is 16.4. The lowest BCUT2D eigenvalue weighted by atomic mass is 10.2. The van der Waals surface area contributed by atoms with Gasteiger partial charge in [-0.05, 0) is 37.1 Å². The van der Waals surface area contributed by atoms with Gasteiger partial charge in [0.25, 0.3) is 5.91 Å². The smallest absolute Gasteiger partial charge is 0.250 e. The maximum atomic E-state index is 12.4. The van der Waals surface area contributed by atoms with Crippen LogP contribution < -0.4 is 10.2 Å². The van der Waals surface area contributed by atoms with E-state index in [0.29, 0.717) is 18.2 Å². The van der Waals surface area contributed by atoms with Crippen molar-refractivity contribution < 1.29 is 9.59 Å². The van der Waals surface area contributed by atoms with Crippen molar-refractivity contribution in [1.82, 2.24) is 4.98 Å². The lowest BCUT2D eigenvalue weighted by Gasteiger charge is -2.22. The molecule has 3 rings (SSSR count). The van der Waals surface area contributed by atoms with E-state index in [1.54, 1.807) is 28.4 Å². The number of thiazole rings is 1. The van der Waals surface area contributed by atoms with Crippen LogP contribution in [0.2, 0.25) is 0 Å². The van der Waals surface area contributed by atoms with Gasteiger partial charge in [0.1, 0.15) is 0 Å². The average molecular weight is 341 g/mol. The molecule has 1 aromatic carbocycles. The number of nitrogens with zero attached hydrogens (tertiary/aromatic N) is 2. The molecule has 124 valence electrons. The molecule has 1 saturated carbocycles. The Morgan fingerprint density at radius 3 is 2.92 bits per heavy atom. The number of carbonyl (C=O) groups excluding carboxylic acids is 2. The fraction of sp³-hybridized carbons (Fsp3) is 0.278. The summed E-state index contributed by atoms with van der Waals surface area (Å²) in [6.45, 7) is 5.52. The number of carbonyl (C=O) groups is 2. The summed E-state index contributed by atoms with van der Waals surface area (Å²) in [6, 6.07) is 7.26. The molecular formula is C18H19N3O2S. The molecule has 0 radical (unpaired) electrons. The van der Waals surface area contributed by atoms with Crippen molar-refractivity contribution >= 4 is 34.5 Å². The van der Waals surface area contributed by atoms with E-state index in [1.165, 1.54) is 25.8 Å². The molecule has 5 nitrogen and oxygen atoms in total. The lowest BCUT2D eigenvalue weighted by Crippen LogP contribution is -2.28. The summed E-state index contributed by atoms with van der Waals surface area (Å²) in [4.78, 5) is 30.9. The number of rotatable bonds is 6. The Kier molecular flexibility index (Phi) is 4.76. The van der Waals surface area contributed by atoms with Crippen LogP contribution in [0, 0.1) is 0 Å². The Morgan fingerprint density at radius 2 is 2.25 bits per heavy atom. The molecule has 24 heavy (non-hydrogen) atoms. The van der Waals surface area contributed by atoms with E-state index < -0.39 is 0 Å². The fourth-order valence-electron chi connectivity index (χ4n) is 2.59. The van der Waals surface area contributed by atoms with Crippen LogP contribution in [0.3, 0.4) is 0 Å². The van der Waals surface area contributed by atoms with Crippen LogP contribution in [-0.2, 0) is 16.1 Å². The summed E-state index contributed by atoms with van der Waals surface area (Å²) >= 11 is 1.57. The lowest BCUT2D eigenvalue weighted by molar-refractivity contribution is -0.115. The molecule has 0 aliphatic heterocycles. The van der Waals surface area contributed by atoms with Gasteiger partial charge in [0.2, 0.25) is 5.91 Å². The second-order valence-electron chi connectivity index (χ2n) is 5.80. The number of hydrogen-bond donors (Lipinski definition) is 1. The van der Waals surface area contributed by atoms with Gasteiger partial charge in [-0.25, -0.2) is 4.98 Å². The minimum atomic E-state index is -0.176. The maximum absolute atomic E-state index is 12.4. The van der Waals surface area contributed by atoms with Crippen molar-refractivity contribution in [2.45, 2.75) is 32.2 Å². The maximum Gasteiger partial charge on any atom is 0.250 e. The van der Waals surface area contributed by atoms with E-state index in [0.717, 1.165) is 16.3 Å². The molecule has 1 aliphatic rings. The van der Waals surface area contributed by atoms with Gasteiger partial charge >= 0.3 is 0 Å². The van der Waals surface area contributed by atoms with Gasteiger partial charge in [0.15, 0.2) is 0 Å². The molecule has 1 aromatic heterocycles. The normalized spacial score (nSPS) is 13.4. The Balaban J connectivity index is 1.89. The van der Waals surface area contributed by atoms with Crippen molar-refractivity contribution in [3.63, 3.8) is 0 Å². The van der Waals surface area contributed by atoms with Crippen LogP contribution in [-0.4, -0.2) is 16.8 Å². The third-order valence-corrected chi connectivity index (χ3v) is 4.69. The topological polar surface area (TPSA) is 62.3 Å². The zero-order valence-electron chi connectivity index (χ0n) is 13.5. The molecule has 1 fully saturated rings. The molecule has 0 spiro atoms. The zero-order valence-corrected chi connectivity index (χ0v) is 14.3. The molecule has 2 aromatic rings. The molecule has 1 N–H and O–H groups in total. The highest BCUT2D eigenvalue weighted by Gasteiger charge is 2.29. The van der Waals surface area contributed by atoms with E-state index in [2.05, 4.69) is 16.9 Å². The van der Waals surface area contributed by atoms with Crippen molar-refractivity contribution in [3.8, 4) is 0 Å². The predicted molar refractivity (Wildman–Crippen MR) is 96.2 cm³/mol. The Morgan fingerprint density at radius 1 is 1.46 bits per heavy atom. The summed E-state index contributed by atoms with van der Waals surface area (Å²) in [5.74, 6) is 0.218. The zero-order chi connectivity index (χ0) is 17.1. The fourth-order valence-corrected chi connectivity index (χ4v) is 3.43. The highest BCUT2D eigenvalue weighted by molar-refractivity contribution is 7.09. The molecule has 0 unspecified atom stereocenters. The third kappa shape index (κ3) is 3.71. The van der Waals surface area contributed by atoms with Crippen molar-refractivity contribution in [2.24, 2.45) is 0 Å². The van der Waals surface area contributed by atoms with Crippen LogP contribution >= 0.6 is 11.3 Å². The quantitative estimate of drug-likeness (QED) is 0.815. The van der Waals surface area contributed by atoms with Crippen LogP contribution in [0.5, 0.6) is 0 Å². The molecule has 0 bridgehead atoms. The summed E-state index contributed by atoms with van der Waals surface area (Å²) in [5, 5.41) is 2.74. The number of anilines is 2. The van der Waals surface area contributed by atoms with E-state index in [4.69, 9.17) is 0 Å². The molecule has 6 heteroatoms. The highest BCUT2D eigenvalue weighted by atomic mass is 32.1. The summed E-state index contributed by atoms with van der Waals surface area (Å²) in [6.07, 6.45) is 3.65. The van der Waals surface area contributed by atoms with Crippen LogP contribution in [0.15, 0.2) is 42.4 Å². The second kappa shape index (κ2) is 6.97. The van der Waals surface area contributed by atoms with Gasteiger partial charge in [0.05, 0.1) is 17.7 Å². The molecular weight excluding hydrogens is 322 g/mol. The number of benzene rings is 1. The summed E-state index contributed by atoms with van der Waals surface area (Å²) < 4.78 is 0. The first-order chi connectivity index (χ1) is 11.6. The van der Waals surface area contributed by atoms with Gasteiger partial charge < -0.3 is 10.2 Å². The van der Waals surface area contributed by atoms with E-state index >= 15 is 0 Å². The number of hydrogen-bond acceptors (Lipinski definition) is 4. The van der Waals surface area contributed by atoms with Crippen LogP contribution in [0.1, 0.15) is 36.3 Å². The largest absolute Gasteiger partial charge is 0.326 e. The first-order valence-electron chi connectivity index (χ1n) is 7.82. The molecule has 1 heterocycles. The SMILES string of the molecule is C=CC(=O)N(Cc1scnc1C1CC1)c1cccc(NC(C)=O)c1. The van der Waals surface area contributed by atoms with E-state index in [-0.39, 0.29) is 11.8 Å². The van der Waals surface area contributed by atoms with Crippen molar-refractivity contribution in [3.05, 3.63) is 53.0 Å². The molecule has 0 atom stereocenters. The van der Waals surface area contributed by atoms with Crippen LogP contribution in [0.4, 0.5) is 11.4 Å². The first-order valence-corrected chi connectivity index (χ1v) is 8.70. The van der Waals surface area contributed by atoms with Gasteiger partial charge in [-0.1, -0.05) is 12.6 Å². The minimum absolute atomic E-state index is 0.146. The summed E-state index contributed by atoms with van der Waals surface area (Å²) in [7, 11) is 0. The Labute approximate surface area is 145 Å². The van der Waals surface area contributed by atoms with E-state index in [9.17, 15) is 9.59 Å². The van der Waals surface area contributed by atoms with Gasteiger partial charge in [0, 0.05) is 29.1 Å². The number of nitrogens with one attached hydrogen (secondary N) is 1. The van der Waals surface area contributed by atoms with Gasteiger partial charge in [-0.3, -0.25) is 9.59 Å².